The average Bonchev–Trinajstić information content (AvgIpc) is 2.65. The van der Waals surface area contributed by atoms with Crippen LogP contribution in [-0.2, 0) is 11.3 Å². The molecule has 94 valence electrons. The molecule has 0 saturated heterocycles. The molecule has 0 saturated carbocycles. The third-order valence-corrected chi connectivity index (χ3v) is 2.49. The zero-order valence-corrected chi connectivity index (χ0v) is 10.4. The summed E-state index contributed by atoms with van der Waals surface area (Å²) in [5.74, 6) is -1.42. The van der Waals surface area contributed by atoms with Gasteiger partial charge in [-0.25, -0.2) is 4.79 Å². The second kappa shape index (κ2) is 5.03. The van der Waals surface area contributed by atoms with Crippen molar-refractivity contribution in [3.8, 4) is 0 Å². The number of aliphatic carboxylic acids is 1. The van der Waals surface area contributed by atoms with E-state index >= 15 is 0 Å². The Kier molecular flexibility index (Phi) is 3.93. The maximum Gasteiger partial charge on any atom is 0.328 e. The Morgan fingerprint density at radius 2 is 2.12 bits per heavy atom. The first-order chi connectivity index (χ1) is 7.88. The van der Waals surface area contributed by atoms with Crippen LogP contribution >= 0.6 is 0 Å². The molecule has 0 spiro atoms. The van der Waals surface area contributed by atoms with E-state index in [4.69, 9.17) is 5.11 Å². The molecule has 17 heavy (non-hydrogen) atoms. The molecule has 0 bridgehead atoms. The number of aromatic nitrogens is 1. The second-order valence-electron chi connectivity index (χ2n) is 4.47. The molecule has 0 aliphatic carbocycles. The quantitative estimate of drug-likeness (QED) is 0.816. The van der Waals surface area contributed by atoms with Crippen molar-refractivity contribution in [1.82, 2.24) is 9.88 Å². The fourth-order valence-electron chi connectivity index (χ4n) is 1.46. The zero-order valence-electron chi connectivity index (χ0n) is 10.4. The number of carboxylic acids is 1. The van der Waals surface area contributed by atoms with E-state index in [1.807, 2.05) is 17.7 Å². The summed E-state index contributed by atoms with van der Waals surface area (Å²) >= 11 is 0. The lowest BCUT2D eigenvalue weighted by molar-refractivity contribution is -0.143. The van der Waals surface area contributed by atoms with Crippen molar-refractivity contribution < 1.29 is 14.7 Å². The number of nitrogens with zero attached hydrogens (tertiary/aromatic N) is 1. The van der Waals surface area contributed by atoms with Crippen molar-refractivity contribution in [3.05, 3.63) is 24.0 Å². The number of amides is 1. The molecule has 1 aromatic heterocycles. The second-order valence-corrected chi connectivity index (χ2v) is 4.47. The van der Waals surface area contributed by atoms with E-state index in [0.717, 1.165) is 13.0 Å². The van der Waals surface area contributed by atoms with Gasteiger partial charge in [-0.2, -0.15) is 0 Å². The van der Waals surface area contributed by atoms with Crippen molar-refractivity contribution in [3.63, 3.8) is 0 Å². The van der Waals surface area contributed by atoms with Crippen molar-refractivity contribution >= 4 is 11.9 Å². The number of carbonyl (C=O) groups excluding carboxylic acids is 1. The third-order valence-electron chi connectivity index (χ3n) is 2.49. The summed E-state index contributed by atoms with van der Waals surface area (Å²) in [6.07, 6.45) is 2.73. The lowest BCUT2D eigenvalue weighted by Crippen LogP contribution is -2.50. The molecule has 5 heteroatoms. The largest absolute Gasteiger partial charge is 0.480 e. The smallest absolute Gasteiger partial charge is 0.328 e. The Labute approximate surface area is 100 Å². The normalized spacial score (nSPS) is 11.2. The van der Waals surface area contributed by atoms with Crippen molar-refractivity contribution in [2.24, 2.45) is 0 Å². The number of hydrogen-bond donors (Lipinski definition) is 2. The molecule has 1 amide bonds. The van der Waals surface area contributed by atoms with Crippen LogP contribution in [0.3, 0.4) is 0 Å². The minimum absolute atomic E-state index is 0.365. The Morgan fingerprint density at radius 1 is 1.47 bits per heavy atom. The predicted octanol–water partition coefficient (Wildman–Crippen LogP) is 1.49. The van der Waals surface area contributed by atoms with E-state index < -0.39 is 11.5 Å². The molecule has 1 heterocycles. The maximum atomic E-state index is 11.9. The van der Waals surface area contributed by atoms with Gasteiger partial charge in [0.2, 0.25) is 0 Å². The standard InChI is InChI=1S/C12H18N2O3/c1-4-7-14-8-5-6-9(14)10(15)13-12(2,3)11(16)17/h5-6,8H,4,7H2,1-3H3,(H,13,15)(H,16,17). The molecule has 0 aliphatic rings. The molecule has 0 fully saturated rings. The molecule has 5 nitrogen and oxygen atoms in total. The van der Waals surface area contributed by atoms with Gasteiger partial charge >= 0.3 is 5.97 Å². The van der Waals surface area contributed by atoms with Crippen LogP contribution in [0, 0.1) is 0 Å². The Hall–Kier alpha value is -1.78. The fourth-order valence-corrected chi connectivity index (χ4v) is 1.46. The molecule has 1 aromatic rings. The van der Waals surface area contributed by atoms with E-state index in [2.05, 4.69) is 5.32 Å². The molecule has 2 N–H and O–H groups in total. The summed E-state index contributed by atoms with van der Waals surface area (Å²) in [7, 11) is 0. The van der Waals surface area contributed by atoms with Crippen molar-refractivity contribution in [2.75, 3.05) is 0 Å². The van der Waals surface area contributed by atoms with E-state index in [-0.39, 0.29) is 5.91 Å². The average molecular weight is 238 g/mol. The van der Waals surface area contributed by atoms with Gasteiger partial charge in [0, 0.05) is 12.7 Å². The number of rotatable bonds is 5. The minimum atomic E-state index is -1.27. The van der Waals surface area contributed by atoms with E-state index in [9.17, 15) is 9.59 Å². The minimum Gasteiger partial charge on any atom is -0.480 e. The van der Waals surface area contributed by atoms with Crippen LogP contribution in [0.4, 0.5) is 0 Å². The molecule has 1 rings (SSSR count). The number of nitrogens with one attached hydrogen (secondary N) is 1. The SMILES string of the molecule is CCCn1cccc1C(=O)NC(C)(C)C(=O)O. The third kappa shape index (κ3) is 3.09. The number of carbonyl (C=O) groups is 2. The molecular weight excluding hydrogens is 220 g/mol. The molecule has 0 atom stereocenters. The van der Waals surface area contributed by atoms with E-state index in [0.29, 0.717) is 5.69 Å². The molecule has 0 unspecified atom stereocenters. The summed E-state index contributed by atoms with van der Waals surface area (Å²) in [5, 5.41) is 11.4. The number of carboxylic acid groups (broad SMARTS) is 1. The van der Waals surface area contributed by atoms with Gasteiger partial charge in [-0.05, 0) is 32.4 Å². The monoisotopic (exact) mass is 238 g/mol. The summed E-state index contributed by atoms with van der Waals surface area (Å²) in [5.41, 5.74) is -0.778. The van der Waals surface area contributed by atoms with Crippen LogP contribution in [0.25, 0.3) is 0 Å². The Bertz CT molecular complexity index is 421. The van der Waals surface area contributed by atoms with Crippen LogP contribution in [0.1, 0.15) is 37.7 Å². The molecule has 0 aliphatic heterocycles. The van der Waals surface area contributed by atoms with Gasteiger partial charge in [0.25, 0.3) is 5.91 Å². The highest BCUT2D eigenvalue weighted by Crippen LogP contribution is 2.08. The maximum absolute atomic E-state index is 11.9. The first-order valence-corrected chi connectivity index (χ1v) is 5.59. The zero-order chi connectivity index (χ0) is 13.1. The topological polar surface area (TPSA) is 71.3 Å². The van der Waals surface area contributed by atoms with Gasteiger partial charge in [-0.1, -0.05) is 6.92 Å². The lowest BCUT2D eigenvalue weighted by atomic mass is 10.1. The van der Waals surface area contributed by atoms with Gasteiger partial charge in [0.15, 0.2) is 0 Å². The molecule has 0 aromatic carbocycles. The van der Waals surface area contributed by atoms with E-state index in [1.54, 1.807) is 12.1 Å². The summed E-state index contributed by atoms with van der Waals surface area (Å²) in [6.45, 7) is 5.67. The highest BCUT2D eigenvalue weighted by molar-refractivity contribution is 5.96. The first kappa shape index (κ1) is 13.3. The summed E-state index contributed by atoms with van der Waals surface area (Å²) in [6, 6.07) is 3.46. The van der Waals surface area contributed by atoms with Crippen LogP contribution in [0.15, 0.2) is 18.3 Å². The van der Waals surface area contributed by atoms with Gasteiger partial charge in [0.05, 0.1) is 0 Å². The Morgan fingerprint density at radius 3 is 2.65 bits per heavy atom. The van der Waals surface area contributed by atoms with Gasteiger partial charge in [-0.3, -0.25) is 4.79 Å². The van der Waals surface area contributed by atoms with Crippen molar-refractivity contribution in [2.45, 2.75) is 39.3 Å². The van der Waals surface area contributed by atoms with Gasteiger partial charge in [-0.15, -0.1) is 0 Å². The fraction of sp³-hybridized carbons (Fsp3) is 0.500. The lowest BCUT2D eigenvalue weighted by Gasteiger charge is -2.21. The molecular formula is C12H18N2O3. The van der Waals surface area contributed by atoms with E-state index in [1.165, 1.54) is 13.8 Å². The highest BCUT2D eigenvalue weighted by Gasteiger charge is 2.29. The summed E-state index contributed by atoms with van der Waals surface area (Å²) in [4.78, 5) is 22.8. The van der Waals surface area contributed by atoms with Crippen LogP contribution < -0.4 is 5.32 Å². The van der Waals surface area contributed by atoms with Crippen LogP contribution in [-0.4, -0.2) is 27.1 Å². The Balaban J connectivity index is 2.83. The highest BCUT2D eigenvalue weighted by atomic mass is 16.4. The van der Waals surface area contributed by atoms with Crippen LogP contribution in [0.2, 0.25) is 0 Å². The number of aryl methyl sites for hydroxylation is 1. The van der Waals surface area contributed by atoms with Crippen LogP contribution in [0.5, 0.6) is 0 Å². The van der Waals surface area contributed by atoms with Gasteiger partial charge in [0.1, 0.15) is 11.2 Å². The van der Waals surface area contributed by atoms with Gasteiger partial charge < -0.3 is 15.0 Å². The first-order valence-electron chi connectivity index (χ1n) is 5.59. The number of hydrogen-bond acceptors (Lipinski definition) is 2. The molecule has 0 radical (unpaired) electrons. The van der Waals surface area contributed by atoms with Crippen molar-refractivity contribution in [1.29, 1.82) is 0 Å². The summed E-state index contributed by atoms with van der Waals surface area (Å²) < 4.78 is 1.81. The predicted molar refractivity (Wildman–Crippen MR) is 63.9 cm³/mol.